The molecule has 158 valence electrons. The minimum absolute atomic E-state index is 0.0522. The van der Waals surface area contributed by atoms with Crippen molar-refractivity contribution < 1.29 is 4.79 Å². The van der Waals surface area contributed by atoms with Crippen LogP contribution in [0.1, 0.15) is 41.9 Å². The maximum absolute atomic E-state index is 12.3. The van der Waals surface area contributed by atoms with Crippen LogP contribution in [0.5, 0.6) is 0 Å². The van der Waals surface area contributed by atoms with Gasteiger partial charge in [-0.15, -0.1) is 5.10 Å². The summed E-state index contributed by atoms with van der Waals surface area (Å²) in [5, 5.41) is 10.9. The molecule has 0 saturated heterocycles. The van der Waals surface area contributed by atoms with Crippen LogP contribution in [0.2, 0.25) is 0 Å². The van der Waals surface area contributed by atoms with E-state index in [4.69, 9.17) is 0 Å². The maximum atomic E-state index is 12.3. The van der Waals surface area contributed by atoms with Crippen molar-refractivity contribution >= 4 is 28.9 Å². The van der Waals surface area contributed by atoms with E-state index in [0.29, 0.717) is 5.82 Å². The Bertz CT molecular complexity index is 1090. The molecule has 0 bridgehead atoms. The lowest BCUT2D eigenvalue weighted by Gasteiger charge is -2.10. The van der Waals surface area contributed by atoms with Gasteiger partial charge in [-0.2, -0.15) is 0 Å². The van der Waals surface area contributed by atoms with Gasteiger partial charge in [0.15, 0.2) is 5.69 Å². The van der Waals surface area contributed by atoms with E-state index in [1.54, 1.807) is 0 Å². The zero-order valence-corrected chi connectivity index (χ0v) is 17.7. The van der Waals surface area contributed by atoms with Crippen molar-refractivity contribution in [2.45, 2.75) is 39.7 Å². The summed E-state index contributed by atoms with van der Waals surface area (Å²) in [4.78, 5) is 39.1. The quantitative estimate of drug-likeness (QED) is 0.553. The fourth-order valence-corrected chi connectivity index (χ4v) is 3.68. The Hall–Kier alpha value is -3.27. The van der Waals surface area contributed by atoms with Crippen molar-refractivity contribution in [1.29, 1.82) is 0 Å². The molecule has 0 aliphatic heterocycles. The van der Waals surface area contributed by atoms with Gasteiger partial charge in [-0.25, -0.2) is 4.79 Å². The van der Waals surface area contributed by atoms with E-state index in [1.165, 1.54) is 22.6 Å². The highest BCUT2D eigenvalue weighted by molar-refractivity contribution is 7.03. The molecule has 3 aromatic rings. The molecule has 2 heterocycles. The molecule has 30 heavy (non-hydrogen) atoms. The Kier molecular flexibility index (Phi) is 7.12. The van der Waals surface area contributed by atoms with E-state index in [-0.39, 0.29) is 18.8 Å². The van der Waals surface area contributed by atoms with Gasteiger partial charge in [0.05, 0.1) is 0 Å². The summed E-state index contributed by atoms with van der Waals surface area (Å²) in [7, 11) is 0. The standard InChI is InChI=1S/C18H18N6O3S.C2H6/c25-16-9-15(20-13-5-4-11-2-1-3-12(11)8-13)21-18(27)24(16)7-6-19-17(26)14-10-28-23-22-14;1-2/h4-5,8-10,20H,1-3,6-7H2,(H,19,26)(H,21,27);1-2H3. The number of aromatic nitrogens is 4. The molecule has 0 fully saturated rings. The molecule has 1 amide bonds. The molecule has 0 radical (unpaired) electrons. The normalized spacial score (nSPS) is 11.9. The predicted molar refractivity (Wildman–Crippen MR) is 117 cm³/mol. The van der Waals surface area contributed by atoms with Gasteiger partial charge in [-0.05, 0) is 54.1 Å². The third kappa shape index (κ3) is 5.01. The van der Waals surface area contributed by atoms with Gasteiger partial charge < -0.3 is 10.6 Å². The molecule has 3 N–H and O–H groups in total. The monoisotopic (exact) mass is 428 g/mol. The van der Waals surface area contributed by atoms with Crippen molar-refractivity contribution in [3.63, 3.8) is 0 Å². The van der Waals surface area contributed by atoms with Crippen molar-refractivity contribution in [1.82, 2.24) is 24.5 Å². The molecule has 1 aliphatic rings. The maximum Gasteiger partial charge on any atom is 0.329 e. The largest absolute Gasteiger partial charge is 0.349 e. The van der Waals surface area contributed by atoms with Crippen LogP contribution >= 0.6 is 11.5 Å². The van der Waals surface area contributed by atoms with E-state index in [1.807, 2.05) is 19.9 Å². The molecule has 0 spiro atoms. The van der Waals surface area contributed by atoms with Crippen LogP contribution in [0.4, 0.5) is 11.5 Å². The number of nitrogens with one attached hydrogen (secondary N) is 3. The minimum atomic E-state index is -0.541. The lowest BCUT2D eigenvalue weighted by atomic mass is 10.1. The number of amides is 1. The van der Waals surface area contributed by atoms with Crippen LogP contribution in [0.25, 0.3) is 0 Å². The minimum Gasteiger partial charge on any atom is -0.349 e. The van der Waals surface area contributed by atoms with Gasteiger partial charge >= 0.3 is 5.69 Å². The fraction of sp³-hybridized carbons (Fsp3) is 0.350. The highest BCUT2D eigenvalue weighted by Gasteiger charge is 2.12. The molecule has 9 nitrogen and oxygen atoms in total. The van der Waals surface area contributed by atoms with Crippen molar-refractivity contribution in [3.05, 3.63) is 67.3 Å². The Morgan fingerprint density at radius 1 is 1.20 bits per heavy atom. The van der Waals surface area contributed by atoms with Crippen LogP contribution in [-0.2, 0) is 19.4 Å². The number of aromatic amines is 1. The summed E-state index contributed by atoms with van der Waals surface area (Å²) in [6.07, 6.45) is 3.30. The number of hydrogen-bond donors (Lipinski definition) is 3. The second kappa shape index (κ2) is 9.97. The fourth-order valence-electron chi connectivity index (χ4n) is 3.24. The SMILES string of the molecule is CC.O=C(NCCn1c(=O)cc(Nc2ccc3c(c2)CCC3)[nH]c1=O)c1csnn1. The number of benzene rings is 1. The van der Waals surface area contributed by atoms with Crippen molar-refractivity contribution in [2.75, 3.05) is 11.9 Å². The number of nitrogens with zero attached hydrogens (tertiary/aromatic N) is 3. The third-order valence-electron chi connectivity index (χ3n) is 4.61. The Morgan fingerprint density at radius 2 is 2.00 bits per heavy atom. The zero-order chi connectivity index (χ0) is 21.5. The Balaban J connectivity index is 0.00000124. The third-order valence-corrected chi connectivity index (χ3v) is 5.12. The first-order chi connectivity index (χ1) is 14.6. The van der Waals surface area contributed by atoms with Gasteiger partial charge in [-0.1, -0.05) is 24.4 Å². The number of hydrogen-bond acceptors (Lipinski definition) is 7. The Labute approximate surface area is 177 Å². The lowest BCUT2D eigenvalue weighted by Crippen LogP contribution is -2.39. The highest BCUT2D eigenvalue weighted by atomic mass is 32.1. The summed E-state index contributed by atoms with van der Waals surface area (Å²) in [6.45, 7) is 4.17. The summed E-state index contributed by atoms with van der Waals surface area (Å²) in [5.74, 6) is -0.0603. The van der Waals surface area contributed by atoms with Crippen LogP contribution in [0.15, 0.2) is 39.2 Å². The first-order valence-corrected chi connectivity index (χ1v) is 10.7. The molecule has 10 heteroatoms. The van der Waals surface area contributed by atoms with Gasteiger partial charge in [-0.3, -0.25) is 19.1 Å². The first-order valence-electron chi connectivity index (χ1n) is 9.88. The molecule has 1 aliphatic carbocycles. The van der Waals surface area contributed by atoms with Gasteiger partial charge in [0.2, 0.25) is 0 Å². The van der Waals surface area contributed by atoms with E-state index in [0.717, 1.165) is 41.0 Å². The molecule has 2 aromatic heterocycles. The molecule has 1 aromatic carbocycles. The Morgan fingerprint density at radius 3 is 2.73 bits per heavy atom. The lowest BCUT2D eigenvalue weighted by molar-refractivity contribution is 0.0947. The number of carbonyl (C=O) groups excluding carboxylic acids is 1. The number of H-pyrrole nitrogens is 1. The van der Waals surface area contributed by atoms with E-state index in [9.17, 15) is 14.4 Å². The zero-order valence-electron chi connectivity index (χ0n) is 16.9. The van der Waals surface area contributed by atoms with Gasteiger partial charge in [0, 0.05) is 30.2 Å². The summed E-state index contributed by atoms with van der Waals surface area (Å²) >= 11 is 1.07. The number of rotatable bonds is 6. The van der Waals surface area contributed by atoms with Gasteiger partial charge in [0.25, 0.3) is 11.5 Å². The van der Waals surface area contributed by atoms with E-state index >= 15 is 0 Å². The molecule has 4 rings (SSSR count). The average Bonchev–Trinajstić information content (AvgIpc) is 3.43. The molecular formula is C20H24N6O3S. The topological polar surface area (TPSA) is 122 Å². The number of aryl methyl sites for hydroxylation is 2. The smallest absolute Gasteiger partial charge is 0.329 e. The first kappa shape index (κ1) is 21.4. The molecule has 0 atom stereocenters. The second-order valence-corrected chi connectivity index (χ2v) is 7.10. The number of fused-ring (bicyclic) bond motifs is 1. The number of anilines is 2. The highest BCUT2D eigenvalue weighted by Crippen LogP contribution is 2.25. The molecular weight excluding hydrogens is 404 g/mol. The number of carbonyl (C=O) groups is 1. The average molecular weight is 429 g/mol. The van der Waals surface area contributed by atoms with Crippen LogP contribution in [0.3, 0.4) is 0 Å². The second-order valence-electron chi connectivity index (χ2n) is 6.49. The van der Waals surface area contributed by atoms with E-state index < -0.39 is 17.2 Å². The van der Waals surface area contributed by atoms with Crippen LogP contribution in [-0.4, -0.2) is 31.6 Å². The molecule has 0 unspecified atom stereocenters. The molecule has 0 saturated carbocycles. The van der Waals surface area contributed by atoms with Crippen molar-refractivity contribution in [3.8, 4) is 0 Å². The van der Waals surface area contributed by atoms with E-state index in [2.05, 4.69) is 37.3 Å². The van der Waals surface area contributed by atoms with Gasteiger partial charge in [0.1, 0.15) is 5.82 Å². The predicted octanol–water partition coefficient (Wildman–Crippen LogP) is 2.08. The van der Waals surface area contributed by atoms with Crippen LogP contribution in [0, 0.1) is 0 Å². The summed E-state index contributed by atoms with van der Waals surface area (Å²) in [6, 6.07) is 7.40. The summed E-state index contributed by atoms with van der Waals surface area (Å²) < 4.78 is 4.65. The van der Waals surface area contributed by atoms with Crippen LogP contribution < -0.4 is 21.9 Å². The summed E-state index contributed by atoms with van der Waals surface area (Å²) in [5.41, 5.74) is 2.70. The van der Waals surface area contributed by atoms with Crippen molar-refractivity contribution in [2.24, 2.45) is 0 Å².